The minimum absolute atomic E-state index is 0.0206. The first-order valence-corrected chi connectivity index (χ1v) is 9.94. The van der Waals surface area contributed by atoms with Crippen LogP contribution in [0.25, 0.3) is 11.4 Å². The molecule has 2 aromatic rings. The third-order valence-electron chi connectivity index (χ3n) is 5.87. The van der Waals surface area contributed by atoms with Gasteiger partial charge < -0.3 is 9.42 Å². The molecule has 2 fully saturated rings. The zero-order valence-electron chi connectivity index (χ0n) is 17.2. The molecule has 1 atom stereocenters. The van der Waals surface area contributed by atoms with Crippen LogP contribution in [0.4, 0.5) is 27.6 Å². The summed E-state index contributed by atoms with van der Waals surface area (Å²) < 4.78 is 71.8. The highest BCUT2D eigenvalue weighted by molar-refractivity contribution is 6.04. The molecular weight excluding hydrogens is 439 g/mol. The van der Waals surface area contributed by atoms with E-state index in [9.17, 15) is 31.5 Å². The maximum atomic E-state index is 15.0. The quantitative estimate of drug-likeness (QED) is 0.652. The van der Waals surface area contributed by atoms with E-state index in [1.54, 1.807) is 4.90 Å². The molecule has 32 heavy (non-hydrogen) atoms. The van der Waals surface area contributed by atoms with Gasteiger partial charge in [-0.1, -0.05) is 5.16 Å². The van der Waals surface area contributed by atoms with Gasteiger partial charge in [-0.15, -0.1) is 0 Å². The maximum Gasteiger partial charge on any atom is 0.471 e. The van der Waals surface area contributed by atoms with Gasteiger partial charge in [-0.05, 0) is 39.2 Å². The Kier molecular flexibility index (Phi) is 5.21. The average molecular weight is 458 g/mol. The topological polar surface area (TPSA) is 79.5 Å². The first kappa shape index (κ1) is 22.2. The van der Waals surface area contributed by atoms with E-state index >= 15 is 0 Å². The van der Waals surface area contributed by atoms with E-state index in [1.165, 1.54) is 0 Å². The molecule has 172 valence electrons. The van der Waals surface area contributed by atoms with E-state index in [0.29, 0.717) is 18.7 Å². The molecule has 0 unspecified atom stereocenters. The van der Waals surface area contributed by atoms with E-state index in [4.69, 9.17) is 0 Å². The summed E-state index contributed by atoms with van der Waals surface area (Å²) in [7, 11) is 0. The van der Waals surface area contributed by atoms with Gasteiger partial charge in [-0.25, -0.2) is 8.78 Å². The van der Waals surface area contributed by atoms with Crippen LogP contribution < -0.4 is 4.90 Å². The molecule has 0 radical (unpaired) electrons. The zero-order valence-corrected chi connectivity index (χ0v) is 17.2. The maximum absolute atomic E-state index is 15.0. The van der Waals surface area contributed by atoms with Gasteiger partial charge in [0, 0.05) is 24.6 Å². The Morgan fingerprint density at radius 1 is 1.22 bits per heavy atom. The standard InChI is InChI=1S/C20H19F5N4O3/c1-19(2)6-3-7-28(19)17(31)13-4-5-15(30)29(13)14-9-11(21)10(8-12(14)22)16-26-18(32-27-16)20(23,24)25/h8-9,13H,3-7H2,1-2H3/t13-/m0/s1. The number of hydrogen-bond acceptors (Lipinski definition) is 5. The number of carbonyl (C=O) groups is 2. The lowest BCUT2D eigenvalue weighted by Crippen LogP contribution is -2.52. The number of carbonyl (C=O) groups excluding carboxylic acids is 2. The number of hydrogen-bond donors (Lipinski definition) is 0. The number of rotatable bonds is 3. The molecular formula is C20H19F5N4O3. The molecule has 0 spiro atoms. The van der Waals surface area contributed by atoms with Crippen molar-refractivity contribution in [2.75, 3.05) is 11.4 Å². The van der Waals surface area contributed by atoms with Crippen LogP contribution >= 0.6 is 0 Å². The molecule has 1 aromatic carbocycles. The van der Waals surface area contributed by atoms with Gasteiger partial charge in [0.25, 0.3) is 0 Å². The smallest absolute Gasteiger partial charge is 0.336 e. The Morgan fingerprint density at radius 3 is 2.53 bits per heavy atom. The van der Waals surface area contributed by atoms with Crippen molar-refractivity contribution in [2.24, 2.45) is 0 Å². The lowest BCUT2D eigenvalue weighted by molar-refractivity contribution is -0.159. The van der Waals surface area contributed by atoms with E-state index in [-0.39, 0.29) is 18.7 Å². The molecule has 7 nitrogen and oxygen atoms in total. The normalized spacial score (nSPS) is 21.0. The number of nitrogens with zero attached hydrogens (tertiary/aromatic N) is 4. The molecule has 0 aliphatic carbocycles. The summed E-state index contributed by atoms with van der Waals surface area (Å²) in [5, 5.41) is 3.05. The van der Waals surface area contributed by atoms with Gasteiger partial charge >= 0.3 is 12.1 Å². The number of aromatic nitrogens is 2. The second-order valence-corrected chi connectivity index (χ2v) is 8.43. The number of amides is 2. The number of alkyl halides is 3. The summed E-state index contributed by atoms with van der Waals surface area (Å²) in [6, 6.07) is 0.247. The molecule has 2 aliphatic heterocycles. The predicted octanol–water partition coefficient (Wildman–Crippen LogP) is 3.93. The molecule has 0 N–H and O–H groups in total. The van der Waals surface area contributed by atoms with Crippen LogP contribution in [0.3, 0.4) is 0 Å². The van der Waals surface area contributed by atoms with E-state index in [2.05, 4.69) is 14.7 Å². The molecule has 4 rings (SSSR count). The minimum Gasteiger partial charge on any atom is -0.336 e. The van der Waals surface area contributed by atoms with Crippen molar-refractivity contribution < 1.29 is 36.1 Å². The van der Waals surface area contributed by atoms with Crippen molar-refractivity contribution in [3.05, 3.63) is 29.7 Å². The lowest BCUT2D eigenvalue weighted by atomic mass is 10.0. The summed E-state index contributed by atoms with van der Waals surface area (Å²) in [4.78, 5) is 31.3. The predicted molar refractivity (Wildman–Crippen MR) is 100 cm³/mol. The van der Waals surface area contributed by atoms with Gasteiger partial charge in [0.05, 0.1) is 11.3 Å². The SMILES string of the molecule is CC1(C)CCCN1C(=O)[C@@H]1CCC(=O)N1c1cc(F)c(-c2noc(C(F)(F)F)n2)cc1F. The molecule has 3 heterocycles. The van der Waals surface area contributed by atoms with E-state index in [0.717, 1.165) is 17.7 Å². The van der Waals surface area contributed by atoms with E-state index < -0.39 is 58.3 Å². The largest absolute Gasteiger partial charge is 0.471 e. The van der Waals surface area contributed by atoms with Crippen LogP contribution in [0.15, 0.2) is 16.7 Å². The lowest BCUT2D eigenvalue weighted by Gasteiger charge is -2.36. The van der Waals surface area contributed by atoms with Crippen LogP contribution in [0, 0.1) is 11.6 Å². The molecule has 2 amide bonds. The highest BCUT2D eigenvalue weighted by atomic mass is 19.4. The highest BCUT2D eigenvalue weighted by Gasteiger charge is 2.45. The Morgan fingerprint density at radius 2 is 1.94 bits per heavy atom. The average Bonchev–Trinajstić information content (AvgIpc) is 3.40. The van der Waals surface area contributed by atoms with Crippen molar-refractivity contribution in [3.63, 3.8) is 0 Å². The fraction of sp³-hybridized carbons (Fsp3) is 0.500. The van der Waals surface area contributed by atoms with Crippen LogP contribution in [0.5, 0.6) is 0 Å². The van der Waals surface area contributed by atoms with Crippen molar-refractivity contribution in [3.8, 4) is 11.4 Å². The second kappa shape index (κ2) is 7.52. The number of likely N-dealkylation sites (tertiary alicyclic amines) is 1. The van der Waals surface area contributed by atoms with Gasteiger partial charge in [-0.2, -0.15) is 18.2 Å². The zero-order chi connectivity index (χ0) is 23.4. The van der Waals surface area contributed by atoms with Crippen molar-refractivity contribution in [2.45, 2.75) is 57.3 Å². The Hall–Kier alpha value is -3.05. The molecule has 0 bridgehead atoms. The number of halogens is 5. The van der Waals surface area contributed by atoms with Gasteiger partial charge in [0.2, 0.25) is 17.6 Å². The minimum atomic E-state index is -4.95. The Labute approximate surface area is 179 Å². The van der Waals surface area contributed by atoms with Crippen molar-refractivity contribution >= 4 is 17.5 Å². The molecule has 2 saturated heterocycles. The summed E-state index contributed by atoms with van der Waals surface area (Å²) in [6.07, 6.45) is -3.25. The Balaban J connectivity index is 1.68. The molecule has 2 aliphatic rings. The van der Waals surface area contributed by atoms with Gasteiger partial charge in [0.1, 0.15) is 17.7 Å². The van der Waals surface area contributed by atoms with Crippen molar-refractivity contribution in [1.29, 1.82) is 0 Å². The van der Waals surface area contributed by atoms with Crippen LogP contribution in [0.2, 0.25) is 0 Å². The van der Waals surface area contributed by atoms with Crippen LogP contribution in [-0.4, -0.2) is 45.0 Å². The van der Waals surface area contributed by atoms with Crippen LogP contribution in [-0.2, 0) is 15.8 Å². The summed E-state index contributed by atoms with van der Waals surface area (Å²) in [5.41, 5.74) is -1.55. The summed E-state index contributed by atoms with van der Waals surface area (Å²) in [6.45, 7) is 4.29. The monoisotopic (exact) mass is 458 g/mol. The Bertz CT molecular complexity index is 1080. The fourth-order valence-corrected chi connectivity index (χ4v) is 4.26. The summed E-state index contributed by atoms with van der Waals surface area (Å²) >= 11 is 0. The summed E-state index contributed by atoms with van der Waals surface area (Å²) in [5.74, 6) is -5.66. The third-order valence-corrected chi connectivity index (χ3v) is 5.87. The fourth-order valence-electron chi connectivity index (χ4n) is 4.26. The van der Waals surface area contributed by atoms with Gasteiger partial charge in [0.15, 0.2) is 0 Å². The first-order valence-electron chi connectivity index (χ1n) is 9.94. The first-order chi connectivity index (χ1) is 14.9. The third kappa shape index (κ3) is 3.71. The molecule has 12 heteroatoms. The highest BCUT2D eigenvalue weighted by Crippen LogP contribution is 2.37. The molecule has 1 aromatic heterocycles. The number of anilines is 1. The van der Waals surface area contributed by atoms with Crippen molar-refractivity contribution in [1.82, 2.24) is 15.0 Å². The van der Waals surface area contributed by atoms with E-state index in [1.807, 2.05) is 13.8 Å². The van der Waals surface area contributed by atoms with Gasteiger partial charge in [-0.3, -0.25) is 14.5 Å². The second-order valence-electron chi connectivity index (χ2n) is 8.43. The van der Waals surface area contributed by atoms with Crippen LogP contribution in [0.1, 0.15) is 45.4 Å². The number of benzene rings is 1. The molecule has 0 saturated carbocycles.